The summed E-state index contributed by atoms with van der Waals surface area (Å²) < 4.78 is 28.7. The number of likely N-dealkylation sites (N-methyl/N-ethyl adjacent to an activating group) is 1. The van der Waals surface area contributed by atoms with Crippen LogP contribution in [0.1, 0.15) is 71.6 Å². The van der Waals surface area contributed by atoms with Crippen LogP contribution in [0.5, 0.6) is 0 Å². The third-order valence-corrected chi connectivity index (χ3v) is 5.90. The topological polar surface area (TPSA) is 99.1 Å². The highest BCUT2D eigenvalue weighted by molar-refractivity contribution is 7.52. The van der Waals surface area contributed by atoms with Crippen molar-refractivity contribution in [3.63, 3.8) is 0 Å². The molecule has 0 rings (SSSR count). The van der Waals surface area contributed by atoms with E-state index in [4.69, 9.17) is 14.0 Å². The van der Waals surface area contributed by atoms with E-state index in [-0.39, 0.29) is 44.2 Å². The van der Waals surface area contributed by atoms with Crippen molar-refractivity contribution >= 4 is 19.5 Å². The first-order valence-corrected chi connectivity index (χ1v) is 12.9. The number of quaternary nitrogens is 1. The molecule has 0 saturated carbocycles. The minimum atomic E-state index is -3.81. The molecule has 8 nitrogen and oxygen atoms in total. The smallest absolute Gasteiger partial charge is 0.328 e. The van der Waals surface area contributed by atoms with Crippen LogP contribution in [0.2, 0.25) is 0 Å². The van der Waals surface area contributed by atoms with Gasteiger partial charge in [0.25, 0.3) is 0 Å². The minimum absolute atomic E-state index is 0.0971. The number of carbonyl (C=O) groups excluding carboxylic acids is 2. The van der Waals surface area contributed by atoms with Crippen molar-refractivity contribution in [1.29, 1.82) is 0 Å². The fourth-order valence-corrected chi connectivity index (χ4v) is 3.66. The van der Waals surface area contributed by atoms with Crippen molar-refractivity contribution in [1.82, 2.24) is 0 Å². The molecule has 0 amide bonds. The second-order valence-electron chi connectivity index (χ2n) is 8.71. The quantitative estimate of drug-likeness (QED) is 0.146. The number of hydrogen-bond acceptors (Lipinski definition) is 6. The summed E-state index contributed by atoms with van der Waals surface area (Å²) in [5.41, 5.74) is 0. The predicted octanol–water partition coefficient (Wildman–Crippen LogP) is 3.90. The second-order valence-corrected chi connectivity index (χ2v) is 10.7. The van der Waals surface area contributed by atoms with Crippen molar-refractivity contribution in [2.75, 3.05) is 47.1 Å². The van der Waals surface area contributed by atoms with E-state index in [2.05, 4.69) is 6.92 Å². The van der Waals surface area contributed by atoms with E-state index in [0.29, 0.717) is 17.4 Å². The van der Waals surface area contributed by atoms with Gasteiger partial charge >= 0.3 is 19.5 Å². The lowest BCUT2D eigenvalue weighted by atomic mass is 10.2. The maximum Gasteiger partial charge on any atom is 0.328 e. The number of nitrogens with zero attached hydrogens (tertiary/aromatic N) is 1. The molecule has 0 aliphatic heterocycles. The lowest BCUT2D eigenvalue weighted by Gasteiger charge is -2.24. The van der Waals surface area contributed by atoms with Crippen molar-refractivity contribution in [2.24, 2.45) is 0 Å². The SMILES string of the molecule is CCCCCC(=O)OCC(CCP(=O)(O)OCC[N+](C)(C)C)OC(=O)CCCCC. The van der Waals surface area contributed by atoms with E-state index in [1.165, 1.54) is 0 Å². The van der Waals surface area contributed by atoms with Gasteiger partial charge in [-0.3, -0.25) is 14.2 Å². The van der Waals surface area contributed by atoms with Crippen LogP contribution in [0, 0.1) is 0 Å². The Balaban J connectivity index is 4.63. The number of ether oxygens (including phenoxy) is 2. The first kappa shape index (κ1) is 29.1. The van der Waals surface area contributed by atoms with Gasteiger partial charge in [-0.15, -0.1) is 0 Å². The van der Waals surface area contributed by atoms with Gasteiger partial charge in [0.1, 0.15) is 25.9 Å². The maximum atomic E-state index is 12.3. The van der Waals surface area contributed by atoms with Gasteiger partial charge in [-0.1, -0.05) is 39.5 Å². The Morgan fingerprint density at radius 3 is 2.07 bits per heavy atom. The van der Waals surface area contributed by atoms with E-state index in [1.54, 1.807) is 0 Å². The number of carbonyl (C=O) groups is 2. The Hall–Kier alpha value is -0.950. The van der Waals surface area contributed by atoms with Gasteiger partial charge in [0.2, 0.25) is 0 Å². The van der Waals surface area contributed by atoms with Crippen LogP contribution in [-0.2, 0) is 28.2 Å². The Morgan fingerprint density at radius 1 is 0.967 bits per heavy atom. The third-order valence-electron chi connectivity index (χ3n) is 4.49. The van der Waals surface area contributed by atoms with Crippen molar-refractivity contribution in [2.45, 2.75) is 77.7 Å². The van der Waals surface area contributed by atoms with E-state index >= 15 is 0 Å². The molecule has 0 spiro atoms. The minimum Gasteiger partial charge on any atom is -0.462 e. The van der Waals surface area contributed by atoms with Gasteiger partial charge in [0, 0.05) is 12.8 Å². The molecule has 9 heteroatoms. The first-order chi connectivity index (χ1) is 14.0. The molecule has 0 radical (unpaired) electrons. The summed E-state index contributed by atoms with van der Waals surface area (Å²) in [4.78, 5) is 34.0. The lowest BCUT2D eigenvalue weighted by Crippen LogP contribution is -2.37. The van der Waals surface area contributed by atoms with Crippen LogP contribution < -0.4 is 0 Å². The molecule has 0 aliphatic carbocycles. The Kier molecular flexibility index (Phi) is 15.3. The zero-order valence-corrected chi connectivity index (χ0v) is 20.5. The van der Waals surface area contributed by atoms with Crippen LogP contribution in [0.3, 0.4) is 0 Å². The summed E-state index contributed by atoms with van der Waals surface area (Å²) in [5, 5.41) is 0. The lowest BCUT2D eigenvalue weighted by molar-refractivity contribution is -0.870. The average molecular weight is 453 g/mol. The number of rotatable bonds is 18. The average Bonchev–Trinajstić information content (AvgIpc) is 2.63. The van der Waals surface area contributed by atoms with E-state index in [0.717, 1.165) is 38.5 Å². The number of hydrogen-bond donors (Lipinski definition) is 1. The highest BCUT2D eigenvalue weighted by Crippen LogP contribution is 2.42. The monoisotopic (exact) mass is 452 g/mol. The summed E-state index contributed by atoms with van der Waals surface area (Å²) in [6.45, 7) is 4.74. The molecule has 178 valence electrons. The summed E-state index contributed by atoms with van der Waals surface area (Å²) in [6, 6.07) is 0. The van der Waals surface area contributed by atoms with E-state index in [1.807, 2.05) is 28.1 Å². The molecule has 0 fully saturated rings. The van der Waals surface area contributed by atoms with Gasteiger partial charge in [-0.05, 0) is 19.3 Å². The van der Waals surface area contributed by atoms with Crippen LogP contribution in [0.4, 0.5) is 0 Å². The molecule has 2 unspecified atom stereocenters. The van der Waals surface area contributed by atoms with Crippen molar-refractivity contribution in [3.05, 3.63) is 0 Å². The van der Waals surface area contributed by atoms with Crippen molar-refractivity contribution < 1.29 is 37.5 Å². The zero-order chi connectivity index (χ0) is 23.0. The van der Waals surface area contributed by atoms with Gasteiger partial charge in [0.05, 0.1) is 27.3 Å². The molecule has 0 heterocycles. The fraction of sp³-hybridized carbons (Fsp3) is 0.905. The Morgan fingerprint density at radius 2 is 1.53 bits per heavy atom. The van der Waals surface area contributed by atoms with Crippen LogP contribution in [0.25, 0.3) is 0 Å². The van der Waals surface area contributed by atoms with Gasteiger partial charge in [-0.2, -0.15) is 0 Å². The standard InChI is InChI=1S/C21H42NO7P/c1-6-8-10-12-20(23)27-18-19(29-21(24)13-11-9-7-2)14-17-30(25,26)28-16-15-22(3,4)5/h19H,6-18H2,1-5H3/p+1. The highest BCUT2D eigenvalue weighted by Gasteiger charge is 2.25. The molecule has 0 bridgehead atoms. The molecule has 0 aromatic heterocycles. The molecule has 1 N–H and O–H groups in total. The predicted molar refractivity (Wildman–Crippen MR) is 117 cm³/mol. The van der Waals surface area contributed by atoms with Crippen molar-refractivity contribution in [3.8, 4) is 0 Å². The zero-order valence-electron chi connectivity index (χ0n) is 19.6. The molecule has 0 aromatic rings. The second kappa shape index (κ2) is 15.8. The van der Waals surface area contributed by atoms with Gasteiger partial charge < -0.3 is 23.4 Å². The normalized spacial score (nSPS) is 14.7. The largest absolute Gasteiger partial charge is 0.462 e. The first-order valence-electron chi connectivity index (χ1n) is 11.1. The van der Waals surface area contributed by atoms with Crippen LogP contribution >= 0.6 is 7.60 Å². The molecule has 0 saturated heterocycles. The summed E-state index contributed by atoms with van der Waals surface area (Å²) in [6.07, 6.45) is 5.13. The molecule has 2 atom stereocenters. The van der Waals surface area contributed by atoms with Crippen LogP contribution in [-0.4, -0.2) is 74.5 Å². The van der Waals surface area contributed by atoms with Gasteiger partial charge in [-0.25, -0.2) is 0 Å². The molecular formula is C21H43NO7P+. The fourth-order valence-electron chi connectivity index (χ4n) is 2.55. The molecule has 30 heavy (non-hydrogen) atoms. The number of unbranched alkanes of at least 4 members (excludes halogenated alkanes) is 4. The summed E-state index contributed by atoms with van der Waals surface area (Å²) in [5.74, 6) is -0.726. The summed E-state index contributed by atoms with van der Waals surface area (Å²) >= 11 is 0. The summed E-state index contributed by atoms with van der Waals surface area (Å²) in [7, 11) is 2.09. The third kappa shape index (κ3) is 17.9. The van der Waals surface area contributed by atoms with E-state index in [9.17, 15) is 19.0 Å². The molecular weight excluding hydrogens is 409 g/mol. The Bertz CT molecular complexity index is 534. The number of esters is 2. The molecule has 0 aliphatic rings. The van der Waals surface area contributed by atoms with Gasteiger partial charge in [0.15, 0.2) is 0 Å². The van der Waals surface area contributed by atoms with E-state index < -0.39 is 13.7 Å². The molecule has 0 aromatic carbocycles. The highest BCUT2D eigenvalue weighted by atomic mass is 31.2. The van der Waals surface area contributed by atoms with Crippen LogP contribution in [0.15, 0.2) is 0 Å². The maximum absolute atomic E-state index is 12.3. The Labute approximate surface area is 182 Å².